The fraction of sp³-hybridized carbons (Fsp3) is 0.917. The van der Waals surface area contributed by atoms with Gasteiger partial charge in [-0.3, -0.25) is 0 Å². The molecule has 1 aliphatic carbocycles. The Morgan fingerprint density at radius 3 is 1.53 bits per heavy atom. The first-order valence-corrected chi connectivity index (χ1v) is 11.8. The van der Waals surface area contributed by atoms with Crippen molar-refractivity contribution in [3.8, 4) is 0 Å². The predicted octanol–water partition coefficient (Wildman–Crippen LogP) is 5.90. The van der Waals surface area contributed by atoms with E-state index in [9.17, 15) is 9.59 Å². The van der Waals surface area contributed by atoms with Gasteiger partial charge in [0.25, 0.3) is 0 Å². The van der Waals surface area contributed by atoms with Crippen LogP contribution in [-0.4, -0.2) is 38.5 Å². The molecule has 1 fully saturated rings. The molecule has 0 aromatic heterocycles. The van der Waals surface area contributed by atoms with Crippen LogP contribution < -0.4 is 10.6 Å². The van der Waals surface area contributed by atoms with Crippen molar-refractivity contribution in [1.82, 2.24) is 10.6 Å². The van der Waals surface area contributed by atoms with Crippen LogP contribution >= 0.6 is 0 Å². The molecule has 0 aliphatic heterocycles. The fourth-order valence-corrected chi connectivity index (χ4v) is 3.87. The largest absolute Gasteiger partial charge is 0.450 e. The van der Waals surface area contributed by atoms with Crippen LogP contribution in [-0.2, 0) is 9.47 Å². The minimum absolute atomic E-state index is 0.268. The lowest BCUT2D eigenvalue weighted by atomic mass is 9.81. The molecule has 2 atom stereocenters. The van der Waals surface area contributed by atoms with Crippen LogP contribution in [0.25, 0.3) is 0 Å². The number of nitrogens with one attached hydrogen (secondary N) is 2. The number of alkyl carbamates (subject to hydrolysis) is 2. The van der Waals surface area contributed by atoms with Crippen LogP contribution in [0.2, 0.25) is 0 Å². The summed E-state index contributed by atoms with van der Waals surface area (Å²) in [5.41, 5.74) is 0.535. The standard InChI is InChI=1S/C24H46N2O4/c1-23(2,3)12-8-14-29-21(27)25-17-19-10-7-11-20(16-19)18-26-22(28)30-15-9-13-24(4,5)6/h19-20H,7-18H2,1-6H3,(H,25,27)(H,26,28). The SMILES string of the molecule is CC(C)(C)CCCOC(=O)NCC1CCCC(CNC(=O)OCCCC(C)(C)C)C1. The summed E-state index contributed by atoms with van der Waals surface area (Å²) < 4.78 is 10.6. The molecule has 1 rings (SSSR count). The summed E-state index contributed by atoms with van der Waals surface area (Å²) in [5, 5.41) is 5.82. The van der Waals surface area contributed by atoms with Crippen LogP contribution in [0.1, 0.15) is 92.9 Å². The van der Waals surface area contributed by atoms with Gasteiger partial charge in [0.15, 0.2) is 0 Å². The Bertz CT molecular complexity index is 464. The third-order valence-electron chi connectivity index (χ3n) is 5.57. The summed E-state index contributed by atoms with van der Waals surface area (Å²) in [4.78, 5) is 23.8. The normalized spacial score (nSPS) is 19.8. The van der Waals surface area contributed by atoms with Crippen molar-refractivity contribution in [1.29, 1.82) is 0 Å². The van der Waals surface area contributed by atoms with Gasteiger partial charge in [-0.05, 0) is 67.6 Å². The van der Waals surface area contributed by atoms with Gasteiger partial charge in [0.2, 0.25) is 0 Å². The fourth-order valence-electron chi connectivity index (χ4n) is 3.87. The van der Waals surface area contributed by atoms with E-state index in [-0.39, 0.29) is 23.0 Å². The zero-order valence-corrected chi connectivity index (χ0v) is 20.3. The summed E-state index contributed by atoms with van der Waals surface area (Å²) in [6, 6.07) is 0. The van der Waals surface area contributed by atoms with Gasteiger partial charge in [0.05, 0.1) is 13.2 Å². The van der Waals surface area contributed by atoms with Crippen molar-refractivity contribution in [3.63, 3.8) is 0 Å². The highest BCUT2D eigenvalue weighted by atomic mass is 16.6. The molecule has 2 N–H and O–H groups in total. The second kappa shape index (κ2) is 13.1. The van der Waals surface area contributed by atoms with Crippen LogP contribution in [0.15, 0.2) is 0 Å². The Morgan fingerprint density at radius 1 is 0.767 bits per heavy atom. The van der Waals surface area contributed by atoms with Crippen LogP contribution in [0.5, 0.6) is 0 Å². The molecule has 0 bridgehead atoms. The number of rotatable bonds is 10. The second-order valence-electron chi connectivity index (χ2n) is 11.3. The molecule has 176 valence electrons. The number of ether oxygens (including phenoxy) is 2. The molecule has 0 radical (unpaired) electrons. The molecule has 2 unspecified atom stereocenters. The molecule has 2 amide bonds. The summed E-state index contributed by atoms with van der Waals surface area (Å²) in [6.07, 6.45) is 7.57. The van der Waals surface area contributed by atoms with E-state index in [2.05, 4.69) is 52.2 Å². The zero-order chi connectivity index (χ0) is 22.6. The Hall–Kier alpha value is -1.46. The highest BCUT2D eigenvalue weighted by Gasteiger charge is 2.23. The topological polar surface area (TPSA) is 76.7 Å². The first kappa shape index (κ1) is 26.6. The average Bonchev–Trinajstić information content (AvgIpc) is 2.64. The lowest BCUT2D eigenvalue weighted by molar-refractivity contribution is 0.133. The molecule has 1 saturated carbocycles. The first-order valence-electron chi connectivity index (χ1n) is 11.8. The van der Waals surface area contributed by atoms with E-state index in [0.29, 0.717) is 38.1 Å². The van der Waals surface area contributed by atoms with Gasteiger partial charge in [-0.25, -0.2) is 9.59 Å². The second-order valence-corrected chi connectivity index (χ2v) is 11.3. The van der Waals surface area contributed by atoms with Crippen molar-refractivity contribution >= 4 is 12.2 Å². The van der Waals surface area contributed by atoms with Crippen molar-refractivity contribution < 1.29 is 19.1 Å². The van der Waals surface area contributed by atoms with Gasteiger partial charge in [0, 0.05) is 13.1 Å². The number of hydrogen-bond donors (Lipinski definition) is 2. The Labute approximate surface area is 184 Å². The Balaban J connectivity index is 2.13. The zero-order valence-electron chi connectivity index (χ0n) is 20.3. The smallest absolute Gasteiger partial charge is 0.407 e. The lowest BCUT2D eigenvalue weighted by Crippen LogP contribution is -2.36. The summed E-state index contributed by atoms with van der Waals surface area (Å²) in [5.74, 6) is 0.881. The lowest BCUT2D eigenvalue weighted by Gasteiger charge is -2.29. The monoisotopic (exact) mass is 426 g/mol. The maximum absolute atomic E-state index is 11.9. The van der Waals surface area contributed by atoms with Gasteiger partial charge in [-0.1, -0.05) is 48.0 Å². The van der Waals surface area contributed by atoms with Gasteiger partial charge >= 0.3 is 12.2 Å². The molecule has 1 aliphatic rings. The number of hydrogen-bond acceptors (Lipinski definition) is 4. The number of carbonyl (C=O) groups is 2. The summed E-state index contributed by atoms with van der Waals surface area (Å²) in [7, 11) is 0. The molecule has 0 aromatic rings. The molecule has 6 nitrogen and oxygen atoms in total. The predicted molar refractivity (Wildman–Crippen MR) is 122 cm³/mol. The highest BCUT2D eigenvalue weighted by molar-refractivity contribution is 5.67. The van der Waals surface area contributed by atoms with Crippen molar-refractivity contribution in [3.05, 3.63) is 0 Å². The highest BCUT2D eigenvalue weighted by Crippen LogP contribution is 2.28. The number of carbonyl (C=O) groups excluding carboxylic acids is 2. The van der Waals surface area contributed by atoms with Crippen LogP contribution in [0.3, 0.4) is 0 Å². The van der Waals surface area contributed by atoms with Gasteiger partial charge in [-0.15, -0.1) is 0 Å². The van der Waals surface area contributed by atoms with E-state index >= 15 is 0 Å². The van der Waals surface area contributed by atoms with Crippen molar-refractivity contribution in [2.45, 2.75) is 92.9 Å². The minimum Gasteiger partial charge on any atom is -0.450 e. The Morgan fingerprint density at radius 2 is 1.17 bits per heavy atom. The minimum atomic E-state index is -0.317. The quantitative estimate of drug-likeness (QED) is 0.427. The van der Waals surface area contributed by atoms with Gasteiger partial charge in [-0.2, -0.15) is 0 Å². The molecular formula is C24H46N2O4. The van der Waals surface area contributed by atoms with Crippen LogP contribution in [0, 0.1) is 22.7 Å². The first-order chi connectivity index (χ1) is 13.9. The maximum atomic E-state index is 11.9. The molecule has 0 aromatic carbocycles. The maximum Gasteiger partial charge on any atom is 0.407 e. The van der Waals surface area contributed by atoms with E-state index in [1.807, 2.05) is 0 Å². The average molecular weight is 427 g/mol. The molecule has 0 spiro atoms. The van der Waals surface area contributed by atoms with Gasteiger partial charge < -0.3 is 20.1 Å². The molecular weight excluding hydrogens is 380 g/mol. The van der Waals surface area contributed by atoms with E-state index in [4.69, 9.17) is 9.47 Å². The van der Waals surface area contributed by atoms with E-state index in [1.54, 1.807) is 0 Å². The van der Waals surface area contributed by atoms with Crippen LogP contribution in [0.4, 0.5) is 9.59 Å². The number of amides is 2. The molecule has 30 heavy (non-hydrogen) atoms. The van der Waals surface area contributed by atoms with Gasteiger partial charge in [0.1, 0.15) is 0 Å². The van der Waals surface area contributed by atoms with E-state index in [0.717, 1.165) is 51.4 Å². The van der Waals surface area contributed by atoms with E-state index in [1.165, 1.54) is 0 Å². The van der Waals surface area contributed by atoms with E-state index < -0.39 is 0 Å². The summed E-state index contributed by atoms with van der Waals surface area (Å²) in [6.45, 7) is 15.4. The molecule has 0 saturated heterocycles. The summed E-state index contributed by atoms with van der Waals surface area (Å²) >= 11 is 0. The van der Waals surface area contributed by atoms with Crippen molar-refractivity contribution in [2.75, 3.05) is 26.3 Å². The Kier molecular flexibility index (Phi) is 11.6. The van der Waals surface area contributed by atoms with Crippen molar-refractivity contribution in [2.24, 2.45) is 22.7 Å². The molecule has 0 heterocycles. The third kappa shape index (κ3) is 14.5. The molecule has 6 heteroatoms. The third-order valence-corrected chi connectivity index (χ3v) is 5.57.